The van der Waals surface area contributed by atoms with Crippen molar-refractivity contribution < 1.29 is 4.74 Å². The first-order valence-electron chi connectivity index (χ1n) is 10.9. The number of morpholine rings is 1. The van der Waals surface area contributed by atoms with Gasteiger partial charge < -0.3 is 19.9 Å². The van der Waals surface area contributed by atoms with Gasteiger partial charge in [-0.05, 0) is 37.1 Å². The molecule has 1 aromatic carbocycles. The Kier molecular flexibility index (Phi) is 4.50. The minimum Gasteiger partial charge on any atom is -0.378 e. The smallest absolute Gasteiger partial charge is 0.157 e. The molecule has 0 saturated carbocycles. The Morgan fingerprint density at radius 3 is 2.63 bits per heavy atom. The number of hydrogen-bond acceptors (Lipinski definition) is 7. The lowest BCUT2D eigenvalue weighted by atomic mass is 10.1. The molecular weight excluding hydrogens is 376 g/mol. The molecule has 3 fully saturated rings. The second-order valence-electron chi connectivity index (χ2n) is 8.42. The number of aromatic nitrogens is 3. The third-order valence-corrected chi connectivity index (χ3v) is 6.64. The number of pyridine rings is 1. The van der Waals surface area contributed by atoms with E-state index < -0.39 is 0 Å². The van der Waals surface area contributed by atoms with Gasteiger partial charge in [-0.15, -0.1) is 0 Å². The highest BCUT2D eigenvalue weighted by atomic mass is 16.5. The van der Waals surface area contributed by atoms with Crippen LogP contribution in [-0.2, 0) is 4.74 Å². The van der Waals surface area contributed by atoms with E-state index in [1.54, 1.807) is 12.4 Å². The monoisotopic (exact) mass is 402 g/mol. The summed E-state index contributed by atoms with van der Waals surface area (Å²) in [7, 11) is 0. The summed E-state index contributed by atoms with van der Waals surface area (Å²) in [6, 6.07) is 11.3. The summed E-state index contributed by atoms with van der Waals surface area (Å²) in [5.74, 6) is 1.67. The normalized spacial score (nSPS) is 23.9. The molecule has 0 spiro atoms. The number of benzene rings is 1. The second-order valence-corrected chi connectivity index (χ2v) is 8.42. The van der Waals surface area contributed by atoms with Crippen LogP contribution in [0.15, 0.2) is 42.7 Å². The number of rotatable bonds is 3. The maximum Gasteiger partial charge on any atom is 0.157 e. The van der Waals surface area contributed by atoms with Crippen molar-refractivity contribution in [2.24, 2.45) is 5.92 Å². The van der Waals surface area contributed by atoms with Crippen LogP contribution < -0.4 is 15.1 Å². The molecule has 0 radical (unpaired) electrons. The van der Waals surface area contributed by atoms with Gasteiger partial charge in [0.15, 0.2) is 5.82 Å². The quantitative estimate of drug-likeness (QED) is 0.721. The van der Waals surface area contributed by atoms with E-state index in [-0.39, 0.29) is 0 Å². The molecule has 3 saturated heterocycles. The molecule has 1 N–H and O–H groups in total. The number of fused-ring (bicyclic) bond motifs is 2. The van der Waals surface area contributed by atoms with Crippen molar-refractivity contribution in [1.29, 1.82) is 0 Å². The first-order valence-corrected chi connectivity index (χ1v) is 10.9. The number of hydrogen-bond donors (Lipinski definition) is 1. The maximum absolute atomic E-state index is 5.47. The van der Waals surface area contributed by atoms with Crippen LogP contribution in [-0.4, -0.2) is 66.9 Å². The lowest BCUT2D eigenvalue weighted by Crippen LogP contribution is -2.36. The van der Waals surface area contributed by atoms with Crippen LogP contribution in [0.5, 0.6) is 0 Å². The third kappa shape index (κ3) is 3.18. The first kappa shape index (κ1) is 18.0. The zero-order valence-corrected chi connectivity index (χ0v) is 17.0. The van der Waals surface area contributed by atoms with Crippen molar-refractivity contribution >= 4 is 22.5 Å². The summed E-state index contributed by atoms with van der Waals surface area (Å²) in [5.41, 5.74) is 5.10. The molecule has 0 bridgehead atoms. The van der Waals surface area contributed by atoms with Gasteiger partial charge in [-0.25, -0.2) is 9.97 Å². The Hall–Kier alpha value is -2.77. The Morgan fingerprint density at radius 2 is 1.80 bits per heavy atom. The number of anilines is 2. The minimum absolute atomic E-state index is 0.565. The molecule has 30 heavy (non-hydrogen) atoms. The average Bonchev–Trinajstić information content (AvgIpc) is 3.42. The average molecular weight is 403 g/mol. The van der Waals surface area contributed by atoms with Crippen LogP contribution >= 0.6 is 0 Å². The van der Waals surface area contributed by atoms with Gasteiger partial charge in [-0.2, -0.15) is 0 Å². The van der Waals surface area contributed by atoms with Crippen LogP contribution in [0.3, 0.4) is 0 Å². The zero-order chi connectivity index (χ0) is 19.9. The molecule has 7 heteroatoms. The topological polar surface area (TPSA) is 66.4 Å². The van der Waals surface area contributed by atoms with E-state index in [4.69, 9.17) is 9.72 Å². The molecule has 7 nitrogen and oxygen atoms in total. The highest BCUT2D eigenvalue weighted by Crippen LogP contribution is 2.33. The van der Waals surface area contributed by atoms with Gasteiger partial charge in [-0.1, -0.05) is 12.1 Å². The molecule has 3 aliphatic heterocycles. The lowest BCUT2D eigenvalue weighted by Gasteiger charge is -2.29. The molecule has 0 amide bonds. The molecule has 6 rings (SSSR count). The molecule has 154 valence electrons. The van der Waals surface area contributed by atoms with Crippen LogP contribution in [0.1, 0.15) is 6.42 Å². The van der Waals surface area contributed by atoms with E-state index in [1.807, 2.05) is 0 Å². The summed E-state index contributed by atoms with van der Waals surface area (Å²) in [4.78, 5) is 19.1. The van der Waals surface area contributed by atoms with E-state index in [1.165, 1.54) is 12.1 Å². The van der Waals surface area contributed by atoms with E-state index in [9.17, 15) is 0 Å². The highest BCUT2D eigenvalue weighted by molar-refractivity contribution is 5.89. The highest BCUT2D eigenvalue weighted by Gasteiger charge is 2.37. The summed E-state index contributed by atoms with van der Waals surface area (Å²) >= 11 is 0. The molecular formula is C23H26N6O. The van der Waals surface area contributed by atoms with E-state index in [2.05, 4.69) is 55.4 Å². The molecule has 2 aromatic heterocycles. The Bertz CT molecular complexity index is 1040. The predicted octanol–water partition coefficient (Wildman–Crippen LogP) is 2.33. The Morgan fingerprint density at radius 1 is 0.967 bits per heavy atom. The molecule has 2 unspecified atom stereocenters. The standard InChI is InChI=1S/C23H26N6O/c1-3-18(28-9-11-30-12-10-28)4-2-16(1)19-13-20-22(26-8-7-25-20)23(27-19)29-14-17-5-6-24-21(17)15-29/h1-4,7-8,13,17,21,24H,5-6,9-12,14-15H2. The van der Waals surface area contributed by atoms with Gasteiger partial charge in [0, 0.05) is 55.9 Å². The Balaban J connectivity index is 1.35. The van der Waals surface area contributed by atoms with E-state index in [0.29, 0.717) is 12.0 Å². The van der Waals surface area contributed by atoms with Crippen molar-refractivity contribution in [2.45, 2.75) is 12.5 Å². The molecule has 3 aliphatic rings. The van der Waals surface area contributed by atoms with Crippen LogP contribution in [0.4, 0.5) is 11.5 Å². The van der Waals surface area contributed by atoms with E-state index >= 15 is 0 Å². The van der Waals surface area contributed by atoms with Gasteiger partial charge in [0.25, 0.3) is 0 Å². The summed E-state index contributed by atoms with van der Waals surface area (Å²) in [6.45, 7) is 6.63. The van der Waals surface area contributed by atoms with Crippen molar-refractivity contribution in [3.05, 3.63) is 42.7 Å². The van der Waals surface area contributed by atoms with Gasteiger partial charge in [-0.3, -0.25) is 4.98 Å². The summed E-state index contributed by atoms with van der Waals surface area (Å²) in [5, 5.41) is 3.63. The fourth-order valence-electron chi connectivity index (χ4n) is 5.01. The number of ether oxygens (including phenoxy) is 1. The molecule has 0 aliphatic carbocycles. The fraction of sp³-hybridized carbons (Fsp3) is 0.435. The van der Waals surface area contributed by atoms with Gasteiger partial charge >= 0.3 is 0 Å². The van der Waals surface area contributed by atoms with Crippen LogP contribution in [0.2, 0.25) is 0 Å². The summed E-state index contributed by atoms with van der Waals surface area (Å²) in [6.07, 6.45) is 4.77. The van der Waals surface area contributed by atoms with Gasteiger partial charge in [0.1, 0.15) is 5.52 Å². The Labute approximate surface area is 176 Å². The largest absolute Gasteiger partial charge is 0.378 e. The SMILES string of the molecule is c1cnc2c(N3CC4CCNC4C3)nc(-c3ccc(N4CCOCC4)cc3)cc2n1. The number of nitrogens with one attached hydrogen (secondary N) is 1. The van der Waals surface area contributed by atoms with E-state index in [0.717, 1.165) is 74.0 Å². The first-order chi connectivity index (χ1) is 14.8. The molecule has 3 aromatic rings. The van der Waals surface area contributed by atoms with Gasteiger partial charge in [0.2, 0.25) is 0 Å². The molecule has 2 atom stereocenters. The third-order valence-electron chi connectivity index (χ3n) is 6.64. The lowest BCUT2D eigenvalue weighted by molar-refractivity contribution is 0.122. The maximum atomic E-state index is 5.47. The van der Waals surface area contributed by atoms with Crippen molar-refractivity contribution in [1.82, 2.24) is 20.3 Å². The zero-order valence-electron chi connectivity index (χ0n) is 17.0. The van der Waals surface area contributed by atoms with Crippen LogP contribution in [0, 0.1) is 5.92 Å². The molecule has 5 heterocycles. The minimum atomic E-state index is 0.565. The summed E-state index contributed by atoms with van der Waals surface area (Å²) < 4.78 is 5.47. The number of nitrogens with zero attached hydrogens (tertiary/aromatic N) is 5. The van der Waals surface area contributed by atoms with Crippen molar-refractivity contribution in [3.8, 4) is 11.3 Å². The second kappa shape index (κ2) is 7.49. The van der Waals surface area contributed by atoms with Crippen LogP contribution in [0.25, 0.3) is 22.3 Å². The predicted molar refractivity (Wildman–Crippen MR) is 118 cm³/mol. The fourth-order valence-corrected chi connectivity index (χ4v) is 5.01. The van der Waals surface area contributed by atoms with Gasteiger partial charge in [0.05, 0.1) is 24.4 Å². The van der Waals surface area contributed by atoms with Crippen molar-refractivity contribution in [3.63, 3.8) is 0 Å². The van der Waals surface area contributed by atoms with Crippen molar-refractivity contribution in [2.75, 3.05) is 55.7 Å².